The van der Waals surface area contributed by atoms with E-state index in [9.17, 15) is 9.59 Å². The van der Waals surface area contributed by atoms with Gasteiger partial charge >= 0.3 is 0 Å². The highest BCUT2D eigenvalue weighted by molar-refractivity contribution is 6.18. The maximum absolute atomic E-state index is 12.0. The number of alkyl halides is 1. The van der Waals surface area contributed by atoms with E-state index < -0.39 is 0 Å². The molecule has 1 aliphatic rings. The van der Waals surface area contributed by atoms with Crippen LogP contribution in [0.4, 0.5) is 5.69 Å². The molecular weight excluding hydrogens is 274 g/mol. The third-order valence-electron chi connectivity index (χ3n) is 3.73. The number of nitrogens with zero attached hydrogens (tertiary/aromatic N) is 1. The summed E-state index contributed by atoms with van der Waals surface area (Å²) in [6, 6.07) is 5.83. The fourth-order valence-electron chi connectivity index (χ4n) is 2.73. The average Bonchev–Trinajstić information content (AvgIpc) is 2.78. The summed E-state index contributed by atoms with van der Waals surface area (Å²) in [5, 5.41) is 0. The minimum atomic E-state index is 0.126. The van der Waals surface area contributed by atoms with E-state index in [-0.39, 0.29) is 17.7 Å². The number of anilines is 1. The Balaban J connectivity index is 2.24. The first-order valence-electron chi connectivity index (χ1n) is 7.12. The van der Waals surface area contributed by atoms with E-state index in [1.54, 1.807) is 0 Å². The smallest absolute Gasteiger partial charge is 0.226 e. The van der Waals surface area contributed by atoms with Crippen LogP contribution in [-0.2, 0) is 11.2 Å². The number of hydrogen-bond donors (Lipinski definition) is 0. The molecule has 1 aliphatic heterocycles. The van der Waals surface area contributed by atoms with E-state index in [0.717, 1.165) is 23.2 Å². The molecule has 2 rings (SSSR count). The van der Waals surface area contributed by atoms with Gasteiger partial charge in [0.2, 0.25) is 5.91 Å². The van der Waals surface area contributed by atoms with E-state index in [4.69, 9.17) is 11.6 Å². The summed E-state index contributed by atoms with van der Waals surface area (Å²) >= 11 is 5.62. The molecule has 108 valence electrons. The van der Waals surface area contributed by atoms with Gasteiger partial charge in [0.25, 0.3) is 0 Å². The van der Waals surface area contributed by atoms with Crippen molar-refractivity contribution >= 4 is 29.0 Å². The largest absolute Gasteiger partial charge is 0.309 e. The molecule has 0 N–H and O–H groups in total. The van der Waals surface area contributed by atoms with Crippen molar-refractivity contribution in [2.75, 3.05) is 10.8 Å². The first-order chi connectivity index (χ1) is 9.58. The Morgan fingerprint density at radius 3 is 2.80 bits per heavy atom. The van der Waals surface area contributed by atoms with Gasteiger partial charge in [0, 0.05) is 36.0 Å². The maximum Gasteiger partial charge on any atom is 0.226 e. The van der Waals surface area contributed by atoms with Gasteiger partial charge in [-0.05, 0) is 43.5 Å². The lowest BCUT2D eigenvalue weighted by Crippen LogP contribution is -2.35. The van der Waals surface area contributed by atoms with Crippen LogP contribution in [-0.4, -0.2) is 23.6 Å². The molecule has 1 aromatic rings. The number of carbonyl (C=O) groups is 2. The minimum absolute atomic E-state index is 0.126. The van der Waals surface area contributed by atoms with Crippen molar-refractivity contribution in [3.63, 3.8) is 0 Å². The summed E-state index contributed by atoms with van der Waals surface area (Å²) in [5.41, 5.74) is 2.78. The number of carbonyl (C=O) groups excluding carboxylic acids is 2. The molecule has 1 heterocycles. The van der Waals surface area contributed by atoms with E-state index in [2.05, 4.69) is 0 Å². The number of Topliss-reactive ketones (excluding diaryl/α,β-unsaturated/α-hetero) is 1. The predicted molar refractivity (Wildman–Crippen MR) is 81.7 cm³/mol. The zero-order valence-corrected chi connectivity index (χ0v) is 12.7. The Morgan fingerprint density at radius 1 is 1.40 bits per heavy atom. The quantitative estimate of drug-likeness (QED) is 0.615. The summed E-state index contributed by atoms with van der Waals surface area (Å²) < 4.78 is 0. The third kappa shape index (κ3) is 2.88. The van der Waals surface area contributed by atoms with Gasteiger partial charge < -0.3 is 4.90 Å². The molecule has 0 fully saturated rings. The van der Waals surface area contributed by atoms with Crippen LogP contribution in [0.1, 0.15) is 49.0 Å². The van der Waals surface area contributed by atoms with Crippen molar-refractivity contribution in [1.29, 1.82) is 0 Å². The summed E-state index contributed by atoms with van der Waals surface area (Å²) in [6.45, 7) is 3.92. The number of rotatable bonds is 5. The third-order valence-corrected chi connectivity index (χ3v) is 3.99. The van der Waals surface area contributed by atoms with Gasteiger partial charge in [0.15, 0.2) is 5.78 Å². The molecule has 1 aromatic carbocycles. The Hall–Kier alpha value is -1.35. The predicted octanol–water partition coefficient (Wildman–Crippen LogP) is 3.58. The second-order valence-corrected chi connectivity index (χ2v) is 5.61. The fourth-order valence-corrected chi connectivity index (χ4v) is 2.86. The van der Waals surface area contributed by atoms with Crippen LogP contribution in [0.2, 0.25) is 0 Å². The highest BCUT2D eigenvalue weighted by Crippen LogP contribution is 2.33. The lowest BCUT2D eigenvalue weighted by molar-refractivity contribution is -0.118. The molecule has 1 atom stereocenters. The van der Waals surface area contributed by atoms with Gasteiger partial charge in [-0.15, -0.1) is 11.6 Å². The van der Waals surface area contributed by atoms with E-state index >= 15 is 0 Å². The van der Waals surface area contributed by atoms with Crippen LogP contribution in [0.3, 0.4) is 0 Å². The van der Waals surface area contributed by atoms with Gasteiger partial charge in [-0.25, -0.2) is 0 Å². The Labute approximate surface area is 124 Å². The van der Waals surface area contributed by atoms with Gasteiger partial charge in [0.1, 0.15) is 0 Å². The molecule has 0 spiro atoms. The van der Waals surface area contributed by atoms with Gasteiger partial charge in [0.05, 0.1) is 0 Å². The van der Waals surface area contributed by atoms with Gasteiger partial charge in [-0.1, -0.05) is 6.92 Å². The molecular formula is C16H20ClNO2. The first-order valence-corrected chi connectivity index (χ1v) is 7.66. The monoisotopic (exact) mass is 293 g/mol. The van der Waals surface area contributed by atoms with Crippen LogP contribution >= 0.6 is 11.6 Å². The van der Waals surface area contributed by atoms with E-state index in [1.807, 2.05) is 36.9 Å². The van der Waals surface area contributed by atoms with Crippen LogP contribution in [0.5, 0.6) is 0 Å². The molecule has 1 unspecified atom stereocenters. The second kappa shape index (κ2) is 6.40. The minimum Gasteiger partial charge on any atom is -0.309 e. The van der Waals surface area contributed by atoms with Crippen molar-refractivity contribution in [2.45, 2.75) is 45.6 Å². The highest BCUT2D eigenvalue weighted by atomic mass is 35.5. The number of halogens is 1. The van der Waals surface area contributed by atoms with Crippen LogP contribution in [0.15, 0.2) is 18.2 Å². The Kier molecular flexibility index (Phi) is 4.81. The lowest BCUT2D eigenvalue weighted by atomic mass is 10.0. The normalized spacial score (nSPS) is 17.1. The van der Waals surface area contributed by atoms with Crippen molar-refractivity contribution in [1.82, 2.24) is 0 Å². The molecule has 4 heteroatoms. The van der Waals surface area contributed by atoms with Crippen molar-refractivity contribution in [2.24, 2.45) is 0 Å². The van der Waals surface area contributed by atoms with Crippen molar-refractivity contribution < 1.29 is 9.59 Å². The number of ketones is 1. The highest BCUT2D eigenvalue weighted by Gasteiger charge is 2.30. The average molecular weight is 294 g/mol. The lowest BCUT2D eigenvalue weighted by Gasteiger charge is -2.22. The van der Waals surface area contributed by atoms with Crippen molar-refractivity contribution in [3.05, 3.63) is 29.3 Å². The van der Waals surface area contributed by atoms with Crippen LogP contribution in [0, 0.1) is 0 Å². The summed E-state index contributed by atoms with van der Waals surface area (Å²) in [4.78, 5) is 25.9. The molecule has 0 bridgehead atoms. The zero-order chi connectivity index (χ0) is 14.7. The topological polar surface area (TPSA) is 37.4 Å². The Morgan fingerprint density at radius 2 is 2.15 bits per heavy atom. The maximum atomic E-state index is 12.0. The molecule has 0 aromatic heterocycles. The van der Waals surface area contributed by atoms with E-state index in [0.29, 0.717) is 25.1 Å². The summed E-state index contributed by atoms with van der Waals surface area (Å²) in [7, 11) is 0. The second-order valence-electron chi connectivity index (χ2n) is 5.23. The first kappa shape index (κ1) is 15.0. The molecule has 0 aliphatic carbocycles. The Bertz CT molecular complexity index is 527. The zero-order valence-electron chi connectivity index (χ0n) is 12.0. The van der Waals surface area contributed by atoms with E-state index in [1.165, 1.54) is 0 Å². The number of hydrogen-bond acceptors (Lipinski definition) is 2. The molecule has 0 radical (unpaired) electrons. The summed E-state index contributed by atoms with van der Waals surface area (Å²) in [5.74, 6) is 0.769. The summed E-state index contributed by atoms with van der Waals surface area (Å²) in [6.07, 6.45) is 2.50. The standard InChI is InChI=1S/C16H20ClNO2/c1-3-16(20)18-11(2)9-13-10-12(6-7-14(13)18)15(19)5-4-8-17/h6-7,10-11H,3-5,8-9H2,1-2H3. The molecule has 1 amide bonds. The van der Waals surface area contributed by atoms with Gasteiger partial charge in [-0.2, -0.15) is 0 Å². The molecule has 20 heavy (non-hydrogen) atoms. The van der Waals surface area contributed by atoms with Crippen LogP contribution < -0.4 is 4.90 Å². The number of amides is 1. The van der Waals surface area contributed by atoms with Gasteiger partial charge in [-0.3, -0.25) is 9.59 Å². The number of fused-ring (bicyclic) bond motifs is 1. The molecule has 0 saturated heterocycles. The van der Waals surface area contributed by atoms with Crippen molar-refractivity contribution in [3.8, 4) is 0 Å². The molecule has 0 saturated carbocycles. The SMILES string of the molecule is CCC(=O)N1c2ccc(C(=O)CCCCl)cc2CC1C. The fraction of sp³-hybridized carbons (Fsp3) is 0.500. The number of benzene rings is 1. The molecule has 3 nitrogen and oxygen atoms in total. The van der Waals surface area contributed by atoms with Crippen LogP contribution in [0.25, 0.3) is 0 Å².